The van der Waals surface area contributed by atoms with Gasteiger partial charge in [-0.3, -0.25) is 0 Å². The molecule has 1 aliphatic heterocycles. The molecule has 4 heteroatoms. The van der Waals surface area contributed by atoms with Crippen LogP contribution in [0.5, 0.6) is 0 Å². The molecule has 0 radical (unpaired) electrons. The predicted octanol–water partition coefficient (Wildman–Crippen LogP) is 1.17. The third-order valence-electron chi connectivity index (χ3n) is 4.17. The van der Waals surface area contributed by atoms with E-state index < -0.39 is 10.0 Å². The van der Waals surface area contributed by atoms with Gasteiger partial charge in [0.25, 0.3) is 0 Å². The standard InChI is InChI=1S/C10H19NO2S/c1-7-4-9-5-11(14(3,12)13)6-10(9)8(7)2/h7-10H,4-6H2,1-3H3/t7-,8+,9+,10+/m1/s1. The number of nitrogens with zero attached hydrogens (tertiary/aromatic N) is 1. The highest BCUT2D eigenvalue weighted by Crippen LogP contribution is 2.45. The third-order valence-corrected chi connectivity index (χ3v) is 5.41. The Labute approximate surface area is 86.5 Å². The first-order valence-corrected chi connectivity index (χ1v) is 7.19. The van der Waals surface area contributed by atoms with Crippen LogP contribution in [0.3, 0.4) is 0 Å². The Bertz CT molecular complexity index is 325. The lowest BCUT2D eigenvalue weighted by molar-refractivity contribution is 0.336. The summed E-state index contributed by atoms with van der Waals surface area (Å²) in [7, 11) is -2.95. The molecule has 0 N–H and O–H groups in total. The van der Waals surface area contributed by atoms with Crippen LogP contribution in [0, 0.1) is 23.7 Å². The van der Waals surface area contributed by atoms with E-state index in [1.807, 2.05) is 0 Å². The maximum Gasteiger partial charge on any atom is 0.211 e. The van der Waals surface area contributed by atoms with Crippen LogP contribution in [-0.4, -0.2) is 32.1 Å². The van der Waals surface area contributed by atoms with Gasteiger partial charge >= 0.3 is 0 Å². The van der Waals surface area contributed by atoms with Gasteiger partial charge in [-0.15, -0.1) is 0 Å². The van der Waals surface area contributed by atoms with Crippen molar-refractivity contribution >= 4 is 10.0 Å². The van der Waals surface area contributed by atoms with Crippen molar-refractivity contribution in [3.8, 4) is 0 Å². The second-order valence-electron chi connectivity index (χ2n) is 5.08. The van der Waals surface area contributed by atoms with Crippen LogP contribution in [0.1, 0.15) is 20.3 Å². The number of sulfonamides is 1. The first-order chi connectivity index (χ1) is 6.39. The molecule has 3 nitrogen and oxygen atoms in total. The molecule has 1 aliphatic carbocycles. The lowest BCUT2D eigenvalue weighted by atomic mass is 9.91. The van der Waals surface area contributed by atoms with Crippen molar-refractivity contribution < 1.29 is 8.42 Å². The van der Waals surface area contributed by atoms with Gasteiger partial charge in [0.2, 0.25) is 10.0 Å². The highest BCUT2D eigenvalue weighted by molar-refractivity contribution is 7.88. The molecule has 0 aromatic carbocycles. The normalized spacial score (nSPS) is 44.2. The SMILES string of the molecule is C[C@@H]1[C@@H]2CN(S(C)(=O)=O)C[C@@H]2C[C@H]1C. The van der Waals surface area contributed by atoms with Gasteiger partial charge in [0, 0.05) is 13.1 Å². The molecule has 1 heterocycles. The number of hydrogen-bond donors (Lipinski definition) is 0. The minimum Gasteiger partial charge on any atom is -0.213 e. The van der Waals surface area contributed by atoms with Crippen LogP contribution >= 0.6 is 0 Å². The lowest BCUT2D eigenvalue weighted by Gasteiger charge is -2.19. The molecule has 2 rings (SSSR count). The molecule has 2 fully saturated rings. The summed E-state index contributed by atoms with van der Waals surface area (Å²) in [5.74, 6) is 2.69. The maximum atomic E-state index is 11.4. The van der Waals surface area contributed by atoms with Crippen molar-refractivity contribution in [1.29, 1.82) is 0 Å². The van der Waals surface area contributed by atoms with E-state index in [0.717, 1.165) is 19.0 Å². The monoisotopic (exact) mass is 217 g/mol. The van der Waals surface area contributed by atoms with E-state index in [0.29, 0.717) is 17.8 Å². The van der Waals surface area contributed by atoms with Gasteiger partial charge < -0.3 is 0 Å². The smallest absolute Gasteiger partial charge is 0.211 e. The Morgan fingerprint density at radius 2 is 1.86 bits per heavy atom. The topological polar surface area (TPSA) is 37.4 Å². The minimum absolute atomic E-state index is 0.611. The van der Waals surface area contributed by atoms with Crippen LogP contribution < -0.4 is 0 Å². The van der Waals surface area contributed by atoms with E-state index in [1.54, 1.807) is 4.31 Å². The van der Waals surface area contributed by atoms with Gasteiger partial charge in [0.1, 0.15) is 0 Å². The highest BCUT2D eigenvalue weighted by atomic mass is 32.2. The van der Waals surface area contributed by atoms with Crippen molar-refractivity contribution in [2.24, 2.45) is 23.7 Å². The molecule has 0 amide bonds. The van der Waals surface area contributed by atoms with E-state index in [9.17, 15) is 8.42 Å². The Kier molecular flexibility index (Phi) is 2.39. The summed E-state index contributed by atoms with van der Waals surface area (Å²) in [6.07, 6.45) is 2.53. The lowest BCUT2D eigenvalue weighted by Crippen LogP contribution is -2.29. The molecule has 0 bridgehead atoms. The first-order valence-electron chi connectivity index (χ1n) is 5.34. The van der Waals surface area contributed by atoms with Gasteiger partial charge in [-0.2, -0.15) is 0 Å². The maximum absolute atomic E-state index is 11.4. The van der Waals surface area contributed by atoms with Crippen LogP contribution in [0.4, 0.5) is 0 Å². The van der Waals surface area contributed by atoms with Crippen molar-refractivity contribution in [3.05, 3.63) is 0 Å². The highest BCUT2D eigenvalue weighted by Gasteiger charge is 2.46. The van der Waals surface area contributed by atoms with Gasteiger partial charge in [-0.25, -0.2) is 12.7 Å². The van der Waals surface area contributed by atoms with Crippen LogP contribution in [0.15, 0.2) is 0 Å². The summed E-state index contributed by atoms with van der Waals surface area (Å²) in [5.41, 5.74) is 0. The Hall–Kier alpha value is -0.0900. The Morgan fingerprint density at radius 3 is 2.36 bits per heavy atom. The molecule has 1 saturated heterocycles. The van der Waals surface area contributed by atoms with Gasteiger partial charge in [0.05, 0.1) is 6.26 Å². The summed E-state index contributed by atoms with van der Waals surface area (Å²) in [6, 6.07) is 0. The third kappa shape index (κ3) is 1.58. The van der Waals surface area contributed by atoms with Gasteiger partial charge in [-0.05, 0) is 30.1 Å². The Morgan fingerprint density at radius 1 is 1.21 bits per heavy atom. The zero-order chi connectivity index (χ0) is 10.5. The fraction of sp³-hybridized carbons (Fsp3) is 1.00. The molecule has 4 atom stereocenters. The molecule has 0 unspecified atom stereocenters. The summed E-state index contributed by atoms with van der Waals surface area (Å²) in [6.45, 7) is 6.07. The summed E-state index contributed by atoms with van der Waals surface area (Å²) in [5, 5.41) is 0. The Balaban J connectivity index is 2.12. The molecule has 0 spiro atoms. The molecular weight excluding hydrogens is 198 g/mol. The number of fused-ring (bicyclic) bond motifs is 1. The van der Waals surface area contributed by atoms with Crippen LogP contribution in [-0.2, 0) is 10.0 Å². The van der Waals surface area contributed by atoms with Gasteiger partial charge in [0.15, 0.2) is 0 Å². The molecular formula is C10H19NO2S. The first kappa shape index (κ1) is 10.4. The number of rotatable bonds is 1. The second-order valence-corrected chi connectivity index (χ2v) is 7.06. The van der Waals surface area contributed by atoms with E-state index in [4.69, 9.17) is 0 Å². The van der Waals surface area contributed by atoms with Crippen LogP contribution in [0.25, 0.3) is 0 Å². The van der Waals surface area contributed by atoms with E-state index in [2.05, 4.69) is 13.8 Å². The van der Waals surface area contributed by atoms with Gasteiger partial charge in [-0.1, -0.05) is 13.8 Å². The fourth-order valence-electron chi connectivity index (χ4n) is 3.09. The largest absolute Gasteiger partial charge is 0.213 e. The van der Waals surface area contributed by atoms with E-state index >= 15 is 0 Å². The van der Waals surface area contributed by atoms with E-state index in [-0.39, 0.29) is 0 Å². The molecule has 0 aromatic heterocycles. The molecule has 0 aromatic rings. The van der Waals surface area contributed by atoms with Crippen molar-refractivity contribution in [3.63, 3.8) is 0 Å². The molecule has 1 saturated carbocycles. The average molecular weight is 217 g/mol. The zero-order valence-electron chi connectivity index (χ0n) is 9.10. The fourth-order valence-corrected chi connectivity index (χ4v) is 3.99. The summed E-state index contributed by atoms with van der Waals surface area (Å²) < 4.78 is 24.4. The average Bonchev–Trinajstić information content (AvgIpc) is 2.54. The molecule has 2 aliphatic rings. The molecule has 82 valence electrons. The summed E-state index contributed by atoms with van der Waals surface area (Å²) >= 11 is 0. The minimum atomic E-state index is -2.95. The predicted molar refractivity (Wildman–Crippen MR) is 56.3 cm³/mol. The molecule has 14 heavy (non-hydrogen) atoms. The van der Waals surface area contributed by atoms with Crippen molar-refractivity contribution in [1.82, 2.24) is 4.31 Å². The van der Waals surface area contributed by atoms with Crippen LogP contribution in [0.2, 0.25) is 0 Å². The van der Waals surface area contributed by atoms with Crippen molar-refractivity contribution in [2.45, 2.75) is 20.3 Å². The quantitative estimate of drug-likeness (QED) is 0.661. The van der Waals surface area contributed by atoms with E-state index in [1.165, 1.54) is 12.7 Å². The zero-order valence-corrected chi connectivity index (χ0v) is 9.92. The summed E-state index contributed by atoms with van der Waals surface area (Å²) in [4.78, 5) is 0. The second kappa shape index (κ2) is 3.20. The number of hydrogen-bond acceptors (Lipinski definition) is 2. The van der Waals surface area contributed by atoms with Crippen molar-refractivity contribution in [2.75, 3.05) is 19.3 Å².